The lowest BCUT2D eigenvalue weighted by molar-refractivity contribution is 0.0968. The Morgan fingerprint density at radius 2 is 2.08 bits per heavy atom. The molecule has 1 aromatic carbocycles. The lowest BCUT2D eigenvalue weighted by atomic mass is 10.1. The van der Waals surface area contributed by atoms with Crippen LogP contribution in [0.3, 0.4) is 0 Å². The molecule has 0 saturated carbocycles. The van der Waals surface area contributed by atoms with Crippen molar-refractivity contribution in [3.63, 3.8) is 0 Å². The largest absolute Gasteiger partial charge is 0.698 e. The van der Waals surface area contributed by atoms with Crippen LogP contribution < -0.4 is 0 Å². The summed E-state index contributed by atoms with van der Waals surface area (Å²) in [5.41, 5.74) is 1.06. The van der Waals surface area contributed by atoms with E-state index in [1.165, 1.54) is 0 Å². The van der Waals surface area contributed by atoms with Crippen LogP contribution in [-0.2, 0) is 13.6 Å². The summed E-state index contributed by atoms with van der Waals surface area (Å²) in [5.74, 6) is 0. The van der Waals surface area contributed by atoms with E-state index in [2.05, 4.69) is 0 Å². The number of rotatable bonds is 1. The molecule has 68 valence electrons. The smallest absolute Gasteiger partial charge is 0.119 e. The molecule has 1 aromatic rings. The van der Waals surface area contributed by atoms with Crippen molar-refractivity contribution in [1.29, 1.82) is 0 Å². The molecule has 1 aliphatic rings. The van der Waals surface area contributed by atoms with Gasteiger partial charge in [0.2, 0.25) is 0 Å². The molecule has 0 spiro atoms. The predicted octanol–water partition coefficient (Wildman–Crippen LogP) is 2.82. The van der Waals surface area contributed by atoms with Gasteiger partial charge >= 0.3 is 8.25 Å². The first-order chi connectivity index (χ1) is 6.36. The third-order valence-corrected chi connectivity index (χ3v) is 2.78. The van der Waals surface area contributed by atoms with Crippen molar-refractivity contribution in [3.05, 3.63) is 35.9 Å². The molecule has 2 rings (SSSR count). The highest BCUT2D eigenvalue weighted by Crippen LogP contribution is 2.39. The first-order valence-corrected chi connectivity index (χ1v) is 5.28. The zero-order chi connectivity index (χ0) is 9.10. The van der Waals surface area contributed by atoms with E-state index in [-0.39, 0.29) is 6.10 Å². The van der Waals surface area contributed by atoms with Crippen molar-refractivity contribution in [3.8, 4) is 0 Å². The van der Waals surface area contributed by atoms with E-state index in [9.17, 15) is 4.57 Å². The maximum atomic E-state index is 11.0. The quantitative estimate of drug-likeness (QED) is 0.649. The highest BCUT2D eigenvalue weighted by molar-refractivity contribution is 7.33. The average Bonchev–Trinajstić information content (AvgIpc) is 2.19. The van der Waals surface area contributed by atoms with E-state index in [0.717, 1.165) is 12.0 Å². The van der Waals surface area contributed by atoms with Gasteiger partial charge in [-0.15, -0.1) is 9.05 Å². The van der Waals surface area contributed by atoms with Crippen LogP contribution >= 0.6 is 8.25 Å². The van der Waals surface area contributed by atoms with E-state index in [0.29, 0.717) is 6.61 Å². The van der Waals surface area contributed by atoms with Gasteiger partial charge in [0.1, 0.15) is 12.7 Å². The van der Waals surface area contributed by atoms with Gasteiger partial charge in [0.05, 0.1) is 0 Å². The van der Waals surface area contributed by atoms with Crippen LogP contribution in [0.5, 0.6) is 0 Å². The SMILES string of the molecule is O=[P+]1OCCC(c2ccccc2)O1. The molecule has 2 atom stereocenters. The van der Waals surface area contributed by atoms with Crippen molar-refractivity contribution >= 4 is 8.25 Å². The topological polar surface area (TPSA) is 35.5 Å². The highest BCUT2D eigenvalue weighted by atomic mass is 31.1. The lowest BCUT2D eigenvalue weighted by Gasteiger charge is -2.12. The fourth-order valence-corrected chi connectivity index (χ4v) is 2.07. The third-order valence-electron chi connectivity index (χ3n) is 1.96. The van der Waals surface area contributed by atoms with Gasteiger partial charge in [-0.05, 0) is 5.56 Å². The molecular weight excluding hydrogens is 187 g/mol. The summed E-state index contributed by atoms with van der Waals surface area (Å²) in [6, 6.07) is 9.78. The Morgan fingerprint density at radius 1 is 1.31 bits per heavy atom. The summed E-state index contributed by atoms with van der Waals surface area (Å²) >= 11 is 0. The predicted molar refractivity (Wildman–Crippen MR) is 48.4 cm³/mol. The minimum absolute atomic E-state index is 0.0708. The molecule has 1 saturated heterocycles. The number of benzene rings is 1. The molecular formula is C9H10O3P+. The molecule has 0 amide bonds. The van der Waals surface area contributed by atoms with Crippen LogP contribution in [0.25, 0.3) is 0 Å². The third kappa shape index (κ3) is 2.13. The Labute approximate surface area is 77.6 Å². The van der Waals surface area contributed by atoms with E-state index >= 15 is 0 Å². The molecule has 2 unspecified atom stereocenters. The second-order valence-corrected chi connectivity index (χ2v) is 3.77. The normalized spacial score (nSPS) is 25.8. The summed E-state index contributed by atoms with van der Waals surface area (Å²) in [7, 11) is -1.90. The fourth-order valence-electron chi connectivity index (χ4n) is 1.32. The molecule has 3 nitrogen and oxygen atoms in total. The van der Waals surface area contributed by atoms with Crippen LogP contribution in [0.1, 0.15) is 18.1 Å². The Balaban J connectivity index is 2.13. The minimum atomic E-state index is -1.90. The summed E-state index contributed by atoms with van der Waals surface area (Å²) < 4.78 is 20.9. The minimum Gasteiger partial charge on any atom is -0.119 e. The number of hydrogen-bond acceptors (Lipinski definition) is 3. The molecule has 0 bridgehead atoms. The van der Waals surface area contributed by atoms with Gasteiger partial charge in [-0.25, -0.2) is 0 Å². The molecule has 1 fully saturated rings. The van der Waals surface area contributed by atoms with Crippen molar-refractivity contribution in [1.82, 2.24) is 0 Å². The summed E-state index contributed by atoms with van der Waals surface area (Å²) in [4.78, 5) is 0. The van der Waals surface area contributed by atoms with Crippen LogP contribution in [0.15, 0.2) is 30.3 Å². The van der Waals surface area contributed by atoms with E-state index in [1.54, 1.807) is 0 Å². The Hall–Kier alpha value is -0.760. The van der Waals surface area contributed by atoms with E-state index in [1.807, 2.05) is 30.3 Å². The van der Waals surface area contributed by atoms with E-state index < -0.39 is 8.25 Å². The monoisotopic (exact) mass is 197 g/mol. The van der Waals surface area contributed by atoms with Crippen LogP contribution in [0.4, 0.5) is 0 Å². The Morgan fingerprint density at radius 3 is 2.77 bits per heavy atom. The standard InChI is InChI=1S/C9H10O3P/c10-13-11-7-6-9(12-13)8-4-2-1-3-5-8/h1-5,9H,6-7H2/q+1. The summed E-state index contributed by atoms with van der Waals surface area (Å²) in [6.07, 6.45) is 0.698. The molecule has 0 N–H and O–H groups in total. The van der Waals surface area contributed by atoms with Crippen molar-refractivity contribution in [2.45, 2.75) is 12.5 Å². The Kier molecular flexibility index (Phi) is 2.69. The fraction of sp³-hybridized carbons (Fsp3) is 0.333. The van der Waals surface area contributed by atoms with Crippen LogP contribution in [-0.4, -0.2) is 6.61 Å². The molecule has 0 aromatic heterocycles. The van der Waals surface area contributed by atoms with Crippen LogP contribution in [0, 0.1) is 0 Å². The second-order valence-electron chi connectivity index (χ2n) is 2.85. The van der Waals surface area contributed by atoms with Crippen molar-refractivity contribution < 1.29 is 13.6 Å². The van der Waals surface area contributed by atoms with Crippen LogP contribution in [0.2, 0.25) is 0 Å². The molecule has 0 aliphatic carbocycles. The molecule has 0 radical (unpaired) electrons. The highest BCUT2D eigenvalue weighted by Gasteiger charge is 2.33. The molecule has 13 heavy (non-hydrogen) atoms. The van der Waals surface area contributed by atoms with Gasteiger partial charge in [-0.1, -0.05) is 30.3 Å². The molecule has 4 heteroatoms. The van der Waals surface area contributed by atoms with Gasteiger partial charge in [0.15, 0.2) is 0 Å². The van der Waals surface area contributed by atoms with Gasteiger partial charge in [-0.2, -0.15) is 0 Å². The first kappa shape index (κ1) is 8.82. The first-order valence-electron chi connectivity index (χ1n) is 4.18. The Bertz CT molecular complexity index is 299. The second kappa shape index (κ2) is 3.97. The van der Waals surface area contributed by atoms with Crippen molar-refractivity contribution in [2.24, 2.45) is 0 Å². The van der Waals surface area contributed by atoms with Gasteiger partial charge in [-0.3, -0.25) is 0 Å². The van der Waals surface area contributed by atoms with Crippen molar-refractivity contribution in [2.75, 3.05) is 6.61 Å². The van der Waals surface area contributed by atoms with Gasteiger partial charge < -0.3 is 0 Å². The lowest BCUT2D eigenvalue weighted by Crippen LogP contribution is -2.08. The molecule has 1 heterocycles. The van der Waals surface area contributed by atoms with Gasteiger partial charge in [0, 0.05) is 11.0 Å². The summed E-state index contributed by atoms with van der Waals surface area (Å²) in [6.45, 7) is 0.509. The zero-order valence-electron chi connectivity index (χ0n) is 7.05. The number of hydrogen-bond donors (Lipinski definition) is 0. The zero-order valence-corrected chi connectivity index (χ0v) is 7.94. The maximum Gasteiger partial charge on any atom is 0.698 e. The van der Waals surface area contributed by atoms with E-state index in [4.69, 9.17) is 9.05 Å². The average molecular weight is 197 g/mol. The molecule has 1 aliphatic heterocycles. The maximum absolute atomic E-state index is 11.0. The van der Waals surface area contributed by atoms with Gasteiger partial charge in [0.25, 0.3) is 0 Å². The summed E-state index contributed by atoms with van der Waals surface area (Å²) in [5, 5.41) is 0.